The van der Waals surface area contributed by atoms with Crippen LogP contribution in [-0.4, -0.2) is 47.5 Å². The van der Waals surface area contributed by atoms with Gasteiger partial charge in [-0.1, -0.05) is 11.8 Å². The molecule has 2 aliphatic heterocycles. The lowest BCUT2D eigenvalue weighted by atomic mass is 10.2. The van der Waals surface area contributed by atoms with Crippen LogP contribution in [-0.2, 0) is 23.8 Å². The van der Waals surface area contributed by atoms with Gasteiger partial charge in [-0.3, -0.25) is 4.79 Å². The number of rotatable bonds is 4. The maximum absolute atomic E-state index is 12.2. The molecule has 0 spiro atoms. The van der Waals surface area contributed by atoms with Crippen LogP contribution in [0.25, 0.3) is 0 Å². The van der Waals surface area contributed by atoms with Crippen molar-refractivity contribution in [1.82, 2.24) is 4.98 Å². The van der Waals surface area contributed by atoms with Crippen LogP contribution in [0.2, 0.25) is 0 Å². The molecule has 0 amide bonds. The van der Waals surface area contributed by atoms with Crippen LogP contribution in [0.15, 0.2) is 23.4 Å². The molecular formula is C14H13NO6S. The van der Waals surface area contributed by atoms with Gasteiger partial charge in [0, 0.05) is 19.0 Å². The molecule has 3 heterocycles. The molecule has 0 saturated carbocycles. The fourth-order valence-corrected chi connectivity index (χ4v) is 3.18. The quantitative estimate of drug-likeness (QED) is 0.598. The van der Waals surface area contributed by atoms with E-state index in [0.29, 0.717) is 24.5 Å². The summed E-state index contributed by atoms with van der Waals surface area (Å²) in [5.41, 5.74) is 0.229. The van der Waals surface area contributed by atoms with E-state index in [9.17, 15) is 14.4 Å². The Labute approximate surface area is 130 Å². The number of cyclic esters (lactones) is 2. The lowest BCUT2D eigenvalue weighted by Crippen LogP contribution is -2.23. The fourth-order valence-electron chi connectivity index (χ4n) is 2.14. The van der Waals surface area contributed by atoms with E-state index in [-0.39, 0.29) is 23.4 Å². The van der Waals surface area contributed by atoms with Crippen LogP contribution in [0.1, 0.15) is 23.2 Å². The Balaban J connectivity index is 1.74. The predicted octanol–water partition coefficient (Wildman–Crippen LogP) is 0.962. The summed E-state index contributed by atoms with van der Waals surface area (Å²) in [6.45, 7) is 0.621. The van der Waals surface area contributed by atoms with E-state index in [1.54, 1.807) is 12.1 Å². The first-order valence-electron chi connectivity index (χ1n) is 6.81. The molecule has 116 valence electrons. The highest BCUT2D eigenvalue weighted by molar-refractivity contribution is 8.00. The van der Waals surface area contributed by atoms with Crippen molar-refractivity contribution >= 4 is 29.7 Å². The second kappa shape index (κ2) is 6.35. The van der Waals surface area contributed by atoms with Gasteiger partial charge in [-0.25, -0.2) is 14.6 Å². The summed E-state index contributed by atoms with van der Waals surface area (Å²) in [7, 11) is 0. The van der Waals surface area contributed by atoms with E-state index < -0.39 is 18.0 Å². The number of thioether (sulfide) groups is 1. The molecular weight excluding hydrogens is 310 g/mol. The standard InChI is InChI=1S/C14H13NO6S/c16-12(21-9-3-6-19-13(9)17)8-2-1-5-15-11(8)22-10-4-7-20-14(10)18/h1-2,5,9-10H,3-4,6-7H2/t9-,10-/m1/s1. The smallest absolute Gasteiger partial charge is 0.347 e. The maximum Gasteiger partial charge on any atom is 0.347 e. The summed E-state index contributed by atoms with van der Waals surface area (Å²) in [6, 6.07) is 3.15. The second-order valence-electron chi connectivity index (χ2n) is 4.77. The highest BCUT2D eigenvalue weighted by atomic mass is 32.2. The zero-order valence-corrected chi connectivity index (χ0v) is 12.3. The molecule has 3 rings (SSSR count). The van der Waals surface area contributed by atoms with Crippen molar-refractivity contribution in [2.24, 2.45) is 0 Å². The van der Waals surface area contributed by atoms with Gasteiger partial charge < -0.3 is 14.2 Å². The summed E-state index contributed by atoms with van der Waals surface area (Å²) in [6.07, 6.45) is 1.58. The van der Waals surface area contributed by atoms with E-state index in [0.717, 1.165) is 0 Å². The first kappa shape index (κ1) is 14.8. The number of carbonyl (C=O) groups is 3. The Morgan fingerprint density at radius 3 is 2.68 bits per heavy atom. The normalized spacial score (nSPS) is 24.0. The molecule has 7 nitrogen and oxygen atoms in total. The van der Waals surface area contributed by atoms with Crippen molar-refractivity contribution in [2.75, 3.05) is 13.2 Å². The molecule has 1 aromatic heterocycles. The number of nitrogens with zero attached hydrogens (tertiary/aromatic N) is 1. The lowest BCUT2D eigenvalue weighted by molar-refractivity contribution is -0.145. The molecule has 0 N–H and O–H groups in total. The molecule has 8 heteroatoms. The zero-order valence-electron chi connectivity index (χ0n) is 11.5. The Kier molecular flexibility index (Phi) is 4.28. The topological polar surface area (TPSA) is 91.8 Å². The summed E-state index contributed by atoms with van der Waals surface area (Å²) < 4.78 is 14.8. The van der Waals surface area contributed by atoms with Crippen molar-refractivity contribution in [1.29, 1.82) is 0 Å². The highest BCUT2D eigenvalue weighted by Crippen LogP contribution is 2.31. The van der Waals surface area contributed by atoms with Gasteiger partial charge in [0.25, 0.3) is 0 Å². The molecule has 2 aliphatic rings. The number of ether oxygens (including phenoxy) is 3. The van der Waals surface area contributed by atoms with E-state index in [2.05, 4.69) is 4.98 Å². The monoisotopic (exact) mass is 323 g/mol. The fraction of sp³-hybridized carbons (Fsp3) is 0.429. The van der Waals surface area contributed by atoms with Gasteiger partial charge >= 0.3 is 17.9 Å². The number of carbonyl (C=O) groups excluding carboxylic acids is 3. The minimum atomic E-state index is -0.873. The van der Waals surface area contributed by atoms with Crippen LogP contribution >= 0.6 is 11.8 Å². The van der Waals surface area contributed by atoms with Crippen molar-refractivity contribution in [2.45, 2.75) is 29.2 Å². The molecule has 0 bridgehead atoms. The van der Waals surface area contributed by atoms with Crippen molar-refractivity contribution < 1.29 is 28.6 Å². The first-order chi connectivity index (χ1) is 10.6. The summed E-state index contributed by atoms with van der Waals surface area (Å²) in [4.78, 5) is 39.3. The van der Waals surface area contributed by atoms with Crippen molar-refractivity contribution in [3.63, 3.8) is 0 Å². The Hall–Kier alpha value is -2.09. The van der Waals surface area contributed by atoms with Crippen LogP contribution in [0.4, 0.5) is 0 Å². The SMILES string of the molecule is O=C(O[C@@H]1CCOC1=O)c1cccnc1S[C@@H]1CCOC1=O. The lowest BCUT2D eigenvalue weighted by Gasteiger charge is -2.11. The highest BCUT2D eigenvalue weighted by Gasteiger charge is 2.33. The van der Waals surface area contributed by atoms with Gasteiger partial charge in [0.15, 0.2) is 0 Å². The van der Waals surface area contributed by atoms with Gasteiger partial charge in [-0.2, -0.15) is 0 Å². The van der Waals surface area contributed by atoms with Gasteiger partial charge in [-0.05, 0) is 12.1 Å². The molecule has 0 aliphatic carbocycles. The van der Waals surface area contributed by atoms with Gasteiger partial charge in [0.05, 0.1) is 18.8 Å². The average molecular weight is 323 g/mol. The minimum absolute atomic E-state index is 0.229. The van der Waals surface area contributed by atoms with Crippen LogP contribution < -0.4 is 0 Å². The van der Waals surface area contributed by atoms with Gasteiger partial charge in [-0.15, -0.1) is 0 Å². The molecule has 1 aromatic rings. The summed E-state index contributed by atoms with van der Waals surface area (Å²) >= 11 is 1.17. The molecule has 2 atom stereocenters. The number of hydrogen-bond donors (Lipinski definition) is 0. The largest absolute Gasteiger partial charge is 0.465 e. The Bertz CT molecular complexity index is 619. The molecule has 2 saturated heterocycles. The van der Waals surface area contributed by atoms with Gasteiger partial charge in [0.1, 0.15) is 10.3 Å². The average Bonchev–Trinajstić information content (AvgIpc) is 3.09. The van der Waals surface area contributed by atoms with Crippen molar-refractivity contribution in [3.05, 3.63) is 23.9 Å². The van der Waals surface area contributed by atoms with E-state index in [1.165, 1.54) is 18.0 Å². The number of esters is 3. The van der Waals surface area contributed by atoms with E-state index in [4.69, 9.17) is 14.2 Å². The number of hydrogen-bond acceptors (Lipinski definition) is 8. The number of aromatic nitrogens is 1. The third kappa shape index (κ3) is 3.06. The first-order valence-corrected chi connectivity index (χ1v) is 7.69. The predicted molar refractivity (Wildman–Crippen MR) is 74.2 cm³/mol. The molecule has 22 heavy (non-hydrogen) atoms. The van der Waals surface area contributed by atoms with Gasteiger partial charge in [0.2, 0.25) is 6.10 Å². The third-order valence-corrected chi connectivity index (χ3v) is 4.53. The second-order valence-corrected chi connectivity index (χ2v) is 5.96. The molecule has 2 fully saturated rings. The van der Waals surface area contributed by atoms with Crippen molar-refractivity contribution in [3.8, 4) is 0 Å². The van der Waals surface area contributed by atoms with Crippen LogP contribution in [0, 0.1) is 0 Å². The zero-order chi connectivity index (χ0) is 15.5. The summed E-state index contributed by atoms with van der Waals surface area (Å²) in [5, 5.41) is 0.0145. The van der Waals surface area contributed by atoms with E-state index >= 15 is 0 Å². The summed E-state index contributed by atoms with van der Waals surface area (Å²) in [5.74, 6) is -1.49. The van der Waals surface area contributed by atoms with Crippen LogP contribution in [0.3, 0.4) is 0 Å². The van der Waals surface area contributed by atoms with E-state index in [1.807, 2.05) is 0 Å². The Morgan fingerprint density at radius 1 is 1.23 bits per heavy atom. The minimum Gasteiger partial charge on any atom is -0.465 e. The van der Waals surface area contributed by atoms with Crippen LogP contribution in [0.5, 0.6) is 0 Å². The Morgan fingerprint density at radius 2 is 2.00 bits per heavy atom. The molecule has 0 unspecified atom stereocenters. The molecule has 0 radical (unpaired) electrons. The maximum atomic E-state index is 12.2. The molecule has 0 aromatic carbocycles. The third-order valence-electron chi connectivity index (χ3n) is 3.27. The number of pyridine rings is 1.